The highest BCUT2D eigenvalue weighted by Gasteiger charge is 2.30. The van der Waals surface area contributed by atoms with Gasteiger partial charge in [-0.25, -0.2) is 0 Å². The van der Waals surface area contributed by atoms with Crippen LogP contribution in [-0.2, 0) is 9.59 Å². The van der Waals surface area contributed by atoms with Gasteiger partial charge in [0, 0.05) is 62.9 Å². The zero-order chi connectivity index (χ0) is 18.5. The van der Waals surface area contributed by atoms with Crippen molar-refractivity contribution in [3.63, 3.8) is 0 Å². The van der Waals surface area contributed by atoms with E-state index < -0.39 is 0 Å². The molecule has 2 fully saturated rings. The first kappa shape index (κ1) is 19.0. The zero-order valence-corrected chi connectivity index (χ0v) is 16.0. The van der Waals surface area contributed by atoms with E-state index in [4.69, 9.17) is 11.6 Å². The maximum absolute atomic E-state index is 12.3. The Morgan fingerprint density at radius 3 is 2.65 bits per heavy atom. The molecule has 26 heavy (non-hydrogen) atoms. The number of anilines is 1. The van der Waals surface area contributed by atoms with Gasteiger partial charge in [0.2, 0.25) is 11.8 Å². The Kier molecular flexibility index (Phi) is 6.38. The fraction of sp³-hybridized carbons (Fsp3) is 0.579. The van der Waals surface area contributed by atoms with Crippen molar-refractivity contribution in [2.45, 2.75) is 25.8 Å². The van der Waals surface area contributed by atoms with Crippen LogP contribution in [0, 0.1) is 0 Å². The molecule has 2 amide bonds. The number of piperidine rings is 1. The van der Waals surface area contributed by atoms with E-state index in [1.165, 1.54) is 12.6 Å². The van der Waals surface area contributed by atoms with Gasteiger partial charge in [-0.2, -0.15) is 0 Å². The molecule has 0 radical (unpaired) electrons. The van der Waals surface area contributed by atoms with Gasteiger partial charge in [0.25, 0.3) is 0 Å². The van der Waals surface area contributed by atoms with E-state index in [9.17, 15) is 9.59 Å². The standard InChI is InChI=1S/C19H27ClN4O2/c1-15(25)21-13-19(26)24-7-3-6-18(14-24)23-10-8-22(9-11-23)17-5-2-4-16(20)12-17/h2,4-5,12,18H,3,6-11,13-14H2,1H3,(H,21,25)/t18-/m0/s1. The van der Waals surface area contributed by atoms with Crippen LogP contribution >= 0.6 is 11.6 Å². The van der Waals surface area contributed by atoms with Crippen molar-refractivity contribution in [2.24, 2.45) is 0 Å². The fourth-order valence-electron chi connectivity index (χ4n) is 3.81. The molecule has 0 aromatic heterocycles. The SMILES string of the molecule is CC(=O)NCC(=O)N1CCC[C@H](N2CCN(c3cccc(Cl)c3)CC2)C1. The third kappa shape index (κ3) is 4.89. The average Bonchev–Trinajstić information content (AvgIpc) is 2.66. The Balaban J connectivity index is 1.51. The summed E-state index contributed by atoms with van der Waals surface area (Å²) in [5, 5.41) is 3.37. The maximum Gasteiger partial charge on any atom is 0.242 e. The zero-order valence-electron chi connectivity index (χ0n) is 15.3. The maximum atomic E-state index is 12.3. The van der Waals surface area contributed by atoms with E-state index in [2.05, 4.69) is 21.2 Å². The highest BCUT2D eigenvalue weighted by atomic mass is 35.5. The average molecular weight is 379 g/mol. The van der Waals surface area contributed by atoms with Crippen molar-refractivity contribution >= 4 is 29.1 Å². The topological polar surface area (TPSA) is 55.9 Å². The van der Waals surface area contributed by atoms with Crippen molar-refractivity contribution in [1.82, 2.24) is 15.1 Å². The quantitative estimate of drug-likeness (QED) is 0.864. The smallest absolute Gasteiger partial charge is 0.242 e. The number of amides is 2. The first-order valence-electron chi connectivity index (χ1n) is 9.29. The lowest BCUT2D eigenvalue weighted by Gasteiger charge is -2.44. The second-order valence-electron chi connectivity index (χ2n) is 7.05. The molecule has 7 heteroatoms. The third-order valence-electron chi connectivity index (χ3n) is 5.24. The van der Waals surface area contributed by atoms with E-state index >= 15 is 0 Å². The van der Waals surface area contributed by atoms with Gasteiger partial charge >= 0.3 is 0 Å². The Labute approximate surface area is 160 Å². The van der Waals surface area contributed by atoms with Crippen LogP contribution in [0.3, 0.4) is 0 Å². The molecule has 2 aliphatic heterocycles. The Morgan fingerprint density at radius 1 is 1.19 bits per heavy atom. The number of rotatable bonds is 4. The molecule has 1 aromatic rings. The number of likely N-dealkylation sites (tertiary alicyclic amines) is 1. The minimum absolute atomic E-state index is 0.0162. The van der Waals surface area contributed by atoms with E-state index in [0.29, 0.717) is 6.04 Å². The van der Waals surface area contributed by atoms with Crippen LogP contribution in [0.4, 0.5) is 5.69 Å². The number of hydrogen-bond acceptors (Lipinski definition) is 4. The Morgan fingerprint density at radius 2 is 1.96 bits per heavy atom. The second-order valence-corrected chi connectivity index (χ2v) is 7.48. The minimum Gasteiger partial charge on any atom is -0.369 e. The number of nitrogens with one attached hydrogen (secondary N) is 1. The number of nitrogens with zero attached hydrogens (tertiary/aromatic N) is 3. The van der Waals surface area contributed by atoms with E-state index in [0.717, 1.165) is 57.1 Å². The number of benzene rings is 1. The molecule has 0 saturated carbocycles. The molecule has 2 saturated heterocycles. The van der Waals surface area contributed by atoms with Crippen LogP contribution in [0.1, 0.15) is 19.8 Å². The largest absolute Gasteiger partial charge is 0.369 e. The van der Waals surface area contributed by atoms with Crippen molar-refractivity contribution in [2.75, 3.05) is 50.7 Å². The summed E-state index contributed by atoms with van der Waals surface area (Å²) in [6.07, 6.45) is 2.14. The first-order valence-corrected chi connectivity index (χ1v) is 9.67. The van der Waals surface area contributed by atoms with E-state index in [1.807, 2.05) is 23.1 Å². The molecule has 0 bridgehead atoms. The van der Waals surface area contributed by atoms with Gasteiger partial charge in [-0.1, -0.05) is 17.7 Å². The molecule has 142 valence electrons. The highest BCUT2D eigenvalue weighted by molar-refractivity contribution is 6.30. The number of carbonyl (C=O) groups is 2. The van der Waals surface area contributed by atoms with Gasteiger partial charge in [-0.15, -0.1) is 0 Å². The molecule has 6 nitrogen and oxygen atoms in total. The van der Waals surface area contributed by atoms with Crippen molar-refractivity contribution in [1.29, 1.82) is 0 Å². The molecule has 1 N–H and O–H groups in total. The van der Waals surface area contributed by atoms with Crippen molar-refractivity contribution < 1.29 is 9.59 Å². The number of piperazine rings is 1. The second kappa shape index (κ2) is 8.73. The summed E-state index contributed by atoms with van der Waals surface area (Å²) in [5.41, 5.74) is 1.17. The molecule has 1 atom stereocenters. The number of halogens is 1. The summed E-state index contributed by atoms with van der Waals surface area (Å²) in [6, 6.07) is 8.41. The lowest BCUT2D eigenvalue weighted by atomic mass is 10.0. The predicted molar refractivity (Wildman–Crippen MR) is 104 cm³/mol. The van der Waals surface area contributed by atoms with Gasteiger partial charge in [-0.05, 0) is 31.0 Å². The monoisotopic (exact) mass is 378 g/mol. The van der Waals surface area contributed by atoms with Gasteiger partial charge < -0.3 is 15.1 Å². The first-order chi connectivity index (χ1) is 12.5. The van der Waals surface area contributed by atoms with Crippen LogP contribution in [0.2, 0.25) is 5.02 Å². The molecular weight excluding hydrogens is 352 g/mol. The molecule has 2 aliphatic rings. The summed E-state index contributed by atoms with van der Waals surface area (Å²) in [4.78, 5) is 30.0. The van der Waals surface area contributed by atoms with Crippen LogP contribution in [0.5, 0.6) is 0 Å². The lowest BCUT2D eigenvalue weighted by Crippen LogP contribution is -2.56. The summed E-state index contributed by atoms with van der Waals surface area (Å²) in [6.45, 7) is 7.01. The highest BCUT2D eigenvalue weighted by Crippen LogP contribution is 2.23. The number of hydrogen-bond donors (Lipinski definition) is 1. The van der Waals surface area contributed by atoms with E-state index in [-0.39, 0.29) is 18.4 Å². The van der Waals surface area contributed by atoms with Gasteiger partial charge in [-0.3, -0.25) is 14.5 Å². The number of carbonyl (C=O) groups excluding carboxylic acids is 2. The lowest BCUT2D eigenvalue weighted by molar-refractivity contribution is -0.134. The summed E-state index contributed by atoms with van der Waals surface area (Å²) < 4.78 is 0. The van der Waals surface area contributed by atoms with Gasteiger partial charge in [0.1, 0.15) is 0 Å². The van der Waals surface area contributed by atoms with Gasteiger partial charge in [0.05, 0.1) is 6.54 Å². The Hall–Kier alpha value is -1.79. The normalized spacial score (nSPS) is 21.5. The van der Waals surface area contributed by atoms with Crippen molar-refractivity contribution in [3.8, 4) is 0 Å². The fourth-order valence-corrected chi connectivity index (χ4v) is 3.99. The molecule has 0 aliphatic carbocycles. The van der Waals surface area contributed by atoms with E-state index in [1.54, 1.807) is 0 Å². The predicted octanol–water partition coefficient (Wildman–Crippen LogP) is 1.59. The Bertz CT molecular complexity index is 646. The van der Waals surface area contributed by atoms with Crippen LogP contribution in [0.25, 0.3) is 0 Å². The minimum atomic E-state index is -0.163. The molecular formula is C19H27ClN4O2. The van der Waals surface area contributed by atoms with Crippen molar-refractivity contribution in [3.05, 3.63) is 29.3 Å². The molecule has 0 spiro atoms. The van der Waals surface area contributed by atoms with Crippen LogP contribution < -0.4 is 10.2 Å². The van der Waals surface area contributed by atoms with Crippen LogP contribution in [0.15, 0.2) is 24.3 Å². The molecule has 1 aromatic carbocycles. The van der Waals surface area contributed by atoms with Crippen LogP contribution in [-0.4, -0.2) is 73.5 Å². The molecule has 3 rings (SSSR count). The summed E-state index contributed by atoms with van der Waals surface area (Å²) >= 11 is 6.10. The summed E-state index contributed by atoms with van der Waals surface area (Å²) in [5.74, 6) is -0.147. The van der Waals surface area contributed by atoms with Gasteiger partial charge in [0.15, 0.2) is 0 Å². The molecule has 0 unspecified atom stereocenters. The third-order valence-corrected chi connectivity index (χ3v) is 5.48. The summed E-state index contributed by atoms with van der Waals surface area (Å²) in [7, 11) is 0. The molecule has 2 heterocycles.